The van der Waals surface area contributed by atoms with Crippen LogP contribution >= 0.6 is 11.6 Å². The molecule has 0 atom stereocenters. The van der Waals surface area contributed by atoms with Crippen LogP contribution in [-0.4, -0.2) is 15.8 Å². The number of H-pyrrole nitrogens is 2. The molecule has 0 aliphatic heterocycles. The largest absolute Gasteiger partial charge is 0.323 e. The second kappa shape index (κ2) is 4.65. The number of carbonyl (C=O) groups excluding carboxylic acids is 1. The fourth-order valence-corrected chi connectivity index (χ4v) is 2.44. The summed E-state index contributed by atoms with van der Waals surface area (Å²) in [7, 11) is 0. The van der Waals surface area contributed by atoms with Crippen LogP contribution in [0.4, 0.5) is 0 Å². The first kappa shape index (κ1) is 12.7. The van der Waals surface area contributed by atoms with Crippen LogP contribution in [0.5, 0.6) is 0 Å². The number of imidazole rings is 1. The Labute approximate surface area is 119 Å². The maximum atomic E-state index is 12.5. The second-order valence-electron chi connectivity index (χ2n) is 4.63. The lowest BCUT2D eigenvalue weighted by molar-refractivity contribution is 0.103. The summed E-state index contributed by atoms with van der Waals surface area (Å²) >= 11 is 5.89. The smallest absolute Gasteiger partial charge is 0.306 e. The molecule has 0 saturated heterocycles. The van der Waals surface area contributed by atoms with Crippen molar-refractivity contribution < 1.29 is 4.79 Å². The Hall–Kier alpha value is -2.33. The molecule has 0 saturated carbocycles. The summed E-state index contributed by atoms with van der Waals surface area (Å²) in [5, 5.41) is 0.601. The van der Waals surface area contributed by atoms with E-state index in [2.05, 4.69) is 9.97 Å². The zero-order valence-electron chi connectivity index (χ0n) is 10.7. The van der Waals surface area contributed by atoms with E-state index in [1.54, 1.807) is 36.4 Å². The third kappa shape index (κ3) is 2.14. The van der Waals surface area contributed by atoms with E-state index in [4.69, 9.17) is 11.6 Å². The minimum absolute atomic E-state index is 0.0943. The van der Waals surface area contributed by atoms with E-state index in [9.17, 15) is 9.59 Å². The molecule has 4 nitrogen and oxygen atoms in total. The van der Waals surface area contributed by atoms with Crippen molar-refractivity contribution in [2.24, 2.45) is 0 Å². The fourth-order valence-electron chi connectivity index (χ4n) is 2.21. The topological polar surface area (TPSA) is 65.7 Å². The number of hydrogen-bond acceptors (Lipinski definition) is 2. The number of halogens is 1. The van der Waals surface area contributed by atoms with Gasteiger partial charge in [0.05, 0.1) is 11.0 Å². The van der Waals surface area contributed by atoms with Gasteiger partial charge in [-0.05, 0) is 48.9 Å². The normalized spacial score (nSPS) is 10.9. The number of ketones is 1. The Morgan fingerprint density at radius 2 is 1.80 bits per heavy atom. The van der Waals surface area contributed by atoms with Crippen molar-refractivity contribution in [1.82, 2.24) is 9.97 Å². The van der Waals surface area contributed by atoms with Crippen LogP contribution < -0.4 is 5.69 Å². The molecule has 0 aliphatic carbocycles. The molecule has 0 aliphatic rings. The van der Waals surface area contributed by atoms with Gasteiger partial charge in [0.2, 0.25) is 0 Å². The number of hydrogen-bond donors (Lipinski definition) is 2. The number of nitrogens with one attached hydrogen (secondary N) is 2. The van der Waals surface area contributed by atoms with Gasteiger partial charge in [-0.2, -0.15) is 0 Å². The van der Waals surface area contributed by atoms with Crippen molar-refractivity contribution in [3.63, 3.8) is 0 Å². The third-order valence-corrected chi connectivity index (χ3v) is 3.45. The molecule has 0 fully saturated rings. The molecule has 100 valence electrons. The van der Waals surface area contributed by atoms with Gasteiger partial charge in [0.1, 0.15) is 0 Å². The van der Waals surface area contributed by atoms with Crippen LogP contribution in [0.25, 0.3) is 11.0 Å². The summed E-state index contributed by atoms with van der Waals surface area (Å²) in [6, 6.07) is 10.2. The molecular formula is C15H11ClN2O2. The summed E-state index contributed by atoms with van der Waals surface area (Å²) in [6.07, 6.45) is 0. The van der Waals surface area contributed by atoms with Gasteiger partial charge in [0.15, 0.2) is 5.78 Å². The lowest BCUT2D eigenvalue weighted by Crippen LogP contribution is -2.03. The Bertz CT molecular complexity index is 877. The van der Waals surface area contributed by atoms with E-state index in [-0.39, 0.29) is 11.5 Å². The Morgan fingerprint density at radius 1 is 1.05 bits per heavy atom. The molecule has 3 rings (SSSR count). The monoisotopic (exact) mass is 286 g/mol. The van der Waals surface area contributed by atoms with Gasteiger partial charge in [-0.15, -0.1) is 0 Å². The van der Waals surface area contributed by atoms with Crippen LogP contribution in [0.3, 0.4) is 0 Å². The fraction of sp³-hybridized carbons (Fsp3) is 0.0667. The number of fused-ring (bicyclic) bond motifs is 1. The van der Waals surface area contributed by atoms with Crippen molar-refractivity contribution in [3.05, 3.63) is 68.6 Å². The summed E-state index contributed by atoms with van der Waals surface area (Å²) in [5.41, 5.74) is 2.97. The highest BCUT2D eigenvalue weighted by atomic mass is 35.5. The van der Waals surface area contributed by atoms with E-state index < -0.39 is 0 Å². The van der Waals surface area contributed by atoms with Gasteiger partial charge in [0.25, 0.3) is 0 Å². The van der Waals surface area contributed by atoms with Crippen LogP contribution in [-0.2, 0) is 0 Å². The lowest BCUT2D eigenvalue weighted by atomic mass is 9.99. The summed E-state index contributed by atoms with van der Waals surface area (Å²) in [5.74, 6) is -0.0943. The van der Waals surface area contributed by atoms with E-state index in [0.29, 0.717) is 27.2 Å². The molecule has 0 amide bonds. The minimum atomic E-state index is -0.285. The first-order chi connectivity index (χ1) is 9.54. The van der Waals surface area contributed by atoms with Gasteiger partial charge in [-0.1, -0.05) is 11.6 Å². The Morgan fingerprint density at radius 3 is 2.55 bits per heavy atom. The predicted octanol–water partition coefficient (Wildman–Crippen LogP) is 3.05. The first-order valence-electron chi connectivity index (χ1n) is 6.07. The highest BCUT2D eigenvalue weighted by Gasteiger charge is 2.13. The second-order valence-corrected chi connectivity index (χ2v) is 5.06. The summed E-state index contributed by atoms with van der Waals surface area (Å²) < 4.78 is 0. The van der Waals surface area contributed by atoms with Crippen molar-refractivity contribution >= 4 is 28.4 Å². The number of carbonyl (C=O) groups is 1. The number of benzene rings is 2. The number of rotatable bonds is 2. The van der Waals surface area contributed by atoms with E-state index in [1.165, 1.54) is 0 Å². The van der Waals surface area contributed by atoms with Gasteiger partial charge in [0, 0.05) is 16.1 Å². The molecule has 0 radical (unpaired) electrons. The van der Waals surface area contributed by atoms with Crippen LogP contribution in [0, 0.1) is 6.92 Å². The molecule has 0 bridgehead atoms. The number of aromatic nitrogens is 2. The quantitative estimate of drug-likeness (QED) is 0.711. The molecular weight excluding hydrogens is 276 g/mol. The molecule has 3 aromatic rings. The van der Waals surface area contributed by atoms with E-state index in [1.807, 2.05) is 6.92 Å². The van der Waals surface area contributed by atoms with Gasteiger partial charge in [-0.3, -0.25) is 4.79 Å². The van der Waals surface area contributed by atoms with Gasteiger partial charge < -0.3 is 9.97 Å². The first-order valence-corrected chi connectivity index (χ1v) is 6.45. The van der Waals surface area contributed by atoms with Crippen LogP contribution in [0.15, 0.2) is 41.2 Å². The van der Waals surface area contributed by atoms with Gasteiger partial charge >= 0.3 is 5.69 Å². The molecule has 20 heavy (non-hydrogen) atoms. The minimum Gasteiger partial charge on any atom is -0.306 e. The van der Waals surface area contributed by atoms with Crippen molar-refractivity contribution in [3.8, 4) is 0 Å². The van der Waals surface area contributed by atoms with Crippen LogP contribution in [0.2, 0.25) is 5.02 Å². The molecule has 2 N–H and O–H groups in total. The van der Waals surface area contributed by atoms with E-state index in [0.717, 1.165) is 5.56 Å². The van der Waals surface area contributed by atoms with Crippen molar-refractivity contribution in [2.75, 3.05) is 0 Å². The maximum Gasteiger partial charge on any atom is 0.323 e. The zero-order valence-corrected chi connectivity index (χ0v) is 11.4. The molecule has 0 spiro atoms. The SMILES string of the molecule is Cc1cc(Cl)ccc1C(=O)c1ccc2[nH]c(=O)[nH]c2c1. The molecule has 1 heterocycles. The van der Waals surface area contributed by atoms with Gasteiger partial charge in [-0.25, -0.2) is 4.79 Å². The molecule has 5 heteroatoms. The lowest BCUT2D eigenvalue weighted by Gasteiger charge is -2.05. The average molecular weight is 287 g/mol. The Balaban J connectivity index is 2.09. The predicted molar refractivity (Wildman–Crippen MR) is 78.5 cm³/mol. The van der Waals surface area contributed by atoms with Crippen molar-refractivity contribution in [2.45, 2.75) is 6.92 Å². The summed E-state index contributed by atoms with van der Waals surface area (Å²) in [6.45, 7) is 1.84. The summed E-state index contributed by atoms with van der Waals surface area (Å²) in [4.78, 5) is 29.0. The molecule has 2 aromatic carbocycles. The molecule has 1 aromatic heterocycles. The third-order valence-electron chi connectivity index (χ3n) is 3.21. The number of aromatic amines is 2. The van der Waals surface area contributed by atoms with Crippen LogP contribution in [0.1, 0.15) is 21.5 Å². The average Bonchev–Trinajstić information content (AvgIpc) is 2.77. The Kier molecular flexibility index (Phi) is 2.95. The highest BCUT2D eigenvalue weighted by molar-refractivity contribution is 6.30. The maximum absolute atomic E-state index is 12.5. The molecule has 0 unspecified atom stereocenters. The van der Waals surface area contributed by atoms with Crippen molar-refractivity contribution in [1.29, 1.82) is 0 Å². The zero-order chi connectivity index (χ0) is 14.3. The van der Waals surface area contributed by atoms with E-state index >= 15 is 0 Å². The number of aryl methyl sites for hydroxylation is 1. The highest BCUT2D eigenvalue weighted by Crippen LogP contribution is 2.20. The standard InChI is InChI=1S/C15H11ClN2O2/c1-8-6-10(16)3-4-11(8)14(19)9-2-5-12-13(7-9)18-15(20)17-12/h2-7H,1H3,(H2,17,18,20).